The van der Waals surface area contributed by atoms with Gasteiger partial charge in [-0.2, -0.15) is 0 Å². The van der Waals surface area contributed by atoms with Gasteiger partial charge in [0.05, 0.1) is 55.9 Å². The van der Waals surface area contributed by atoms with Crippen molar-refractivity contribution in [2.45, 2.75) is 170 Å². The summed E-state index contributed by atoms with van der Waals surface area (Å²) in [4.78, 5) is 56.1. The van der Waals surface area contributed by atoms with Crippen molar-refractivity contribution in [1.82, 2.24) is 10.2 Å². The van der Waals surface area contributed by atoms with Crippen molar-refractivity contribution in [3.8, 4) is 0 Å². The predicted octanol–water partition coefficient (Wildman–Crippen LogP) is -1.02. The second-order valence-electron chi connectivity index (χ2n) is 20.4. The largest absolute Gasteiger partial charge is 0.450 e. The number of carbonyl (C=O) groups is 3. The quantitative estimate of drug-likeness (QED) is 0.0350. The highest BCUT2D eigenvalue weighted by molar-refractivity contribution is 5.89. The molecule has 8 rings (SSSR count). The average molecular weight is 1090 g/mol. The molecule has 12 unspecified atom stereocenters. The lowest BCUT2D eigenvalue weighted by atomic mass is 9.77. The van der Waals surface area contributed by atoms with Gasteiger partial charge in [-0.05, 0) is 62.8 Å². The lowest BCUT2D eigenvalue weighted by Crippen LogP contribution is -2.64. The Morgan fingerprint density at radius 3 is 2.12 bits per heavy atom. The first kappa shape index (κ1) is 58.6. The highest BCUT2D eigenvalue weighted by atomic mass is 16.7. The minimum atomic E-state index is -1.73. The van der Waals surface area contributed by atoms with Gasteiger partial charge in [-0.3, -0.25) is 9.59 Å². The summed E-state index contributed by atoms with van der Waals surface area (Å²) in [6, 6.07) is 16.3. The van der Waals surface area contributed by atoms with Crippen LogP contribution in [0.2, 0.25) is 0 Å². The van der Waals surface area contributed by atoms with Crippen LogP contribution in [0, 0.1) is 11.8 Å². The van der Waals surface area contributed by atoms with Gasteiger partial charge in [-0.1, -0.05) is 56.7 Å². The first-order valence-electron chi connectivity index (χ1n) is 26.3. The van der Waals surface area contributed by atoms with Gasteiger partial charge in [-0.25, -0.2) is 9.59 Å². The number of ether oxygens (including phenoxy) is 9. The zero-order valence-electron chi connectivity index (χ0n) is 43.0. The highest BCUT2D eigenvalue weighted by Crippen LogP contribution is 2.39. The molecule has 426 valence electrons. The summed E-state index contributed by atoms with van der Waals surface area (Å²) in [5.41, 5.74) is -0.0899. The summed E-state index contributed by atoms with van der Waals surface area (Å²) in [5.74, 6) is -3.15. The van der Waals surface area contributed by atoms with Gasteiger partial charge in [0.2, 0.25) is 5.91 Å². The number of benzene rings is 2. The van der Waals surface area contributed by atoms with Crippen LogP contribution in [0.3, 0.4) is 0 Å². The van der Waals surface area contributed by atoms with Crippen LogP contribution < -0.4 is 10.9 Å². The molecule has 2 aromatic carbocycles. The van der Waals surface area contributed by atoms with Crippen LogP contribution in [0.1, 0.15) is 68.8 Å². The molecule has 1 aliphatic carbocycles. The molecule has 5 fully saturated rings. The molecule has 77 heavy (non-hydrogen) atoms. The Labute approximate surface area is 443 Å². The van der Waals surface area contributed by atoms with Gasteiger partial charge in [0.1, 0.15) is 72.7 Å². The van der Waals surface area contributed by atoms with Gasteiger partial charge in [-0.15, -0.1) is 0 Å². The van der Waals surface area contributed by atoms with Crippen molar-refractivity contribution in [2.24, 2.45) is 11.8 Å². The molecule has 4 saturated heterocycles. The Morgan fingerprint density at radius 1 is 0.740 bits per heavy atom. The van der Waals surface area contributed by atoms with E-state index in [0.29, 0.717) is 30.5 Å². The molecule has 24 heteroatoms. The molecule has 3 aromatic rings. The van der Waals surface area contributed by atoms with Crippen molar-refractivity contribution in [1.29, 1.82) is 0 Å². The summed E-state index contributed by atoms with van der Waals surface area (Å²) in [6.45, 7) is 3.87. The molecule has 5 heterocycles. The molecular weight excluding hydrogens is 1020 g/mol. The zero-order chi connectivity index (χ0) is 55.1. The van der Waals surface area contributed by atoms with E-state index in [1.54, 1.807) is 60.4 Å². The van der Waals surface area contributed by atoms with Crippen LogP contribution in [-0.4, -0.2) is 213 Å². The fourth-order valence-corrected chi connectivity index (χ4v) is 10.4. The second kappa shape index (κ2) is 26.6. The zero-order valence-corrected chi connectivity index (χ0v) is 43.0. The normalized spacial score (nSPS) is 35.9. The van der Waals surface area contributed by atoms with Gasteiger partial charge >= 0.3 is 11.6 Å². The molecule has 0 radical (unpaired) electrons. The molecule has 0 bridgehead atoms. The Hall–Kier alpha value is -4.58. The lowest BCUT2D eigenvalue weighted by Gasteiger charge is -2.48. The molecule has 1 saturated carbocycles. The minimum Gasteiger partial charge on any atom is -0.450 e. The number of likely N-dealkylation sites (tertiary alicyclic amines) is 1. The van der Waals surface area contributed by atoms with E-state index in [4.69, 9.17) is 47.0 Å². The summed E-state index contributed by atoms with van der Waals surface area (Å²) < 4.78 is 60.4. The molecule has 1 aromatic heterocycles. The van der Waals surface area contributed by atoms with Gasteiger partial charge in [0.15, 0.2) is 25.0 Å². The second-order valence-corrected chi connectivity index (χ2v) is 20.4. The highest BCUT2D eigenvalue weighted by Gasteiger charge is 2.54. The number of carbonyl (C=O) groups excluding carboxylic acids is 3. The fourth-order valence-electron chi connectivity index (χ4n) is 10.4. The fraction of sp³-hybridized carbons (Fsp3) is 0.660. The van der Waals surface area contributed by atoms with Crippen LogP contribution in [-0.2, 0) is 58.8 Å². The Kier molecular flexibility index (Phi) is 20.2. The predicted molar refractivity (Wildman–Crippen MR) is 264 cm³/mol. The first-order chi connectivity index (χ1) is 37.0. The van der Waals surface area contributed by atoms with E-state index in [1.807, 2.05) is 6.92 Å². The van der Waals surface area contributed by atoms with E-state index in [2.05, 4.69) is 5.32 Å². The molecule has 9 N–H and O–H groups in total. The third kappa shape index (κ3) is 13.5. The van der Waals surface area contributed by atoms with Crippen molar-refractivity contribution in [3.05, 3.63) is 82.2 Å². The Morgan fingerprint density at radius 2 is 1.43 bits per heavy atom. The van der Waals surface area contributed by atoms with Crippen LogP contribution in [0.15, 0.2) is 69.9 Å². The van der Waals surface area contributed by atoms with Crippen LogP contribution in [0.4, 0.5) is 0 Å². The number of hydrogen-bond donors (Lipinski definition) is 9. The van der Waals surface area contributed by atoms with Crippen molar-refractivity contribution in [2.75, 3.05) is 39.5 Å². The van der Waals surface area contributed by atoms with E-state index in [-0.39, 0.29) is 56.1 Å². The number of nitrogens with one attached hydrogen (secondary N) is 1. The molecular formula is C53H72N2O22. The van der Waals surface area contributed by atoms with Crippen LogP contribution in [0.25, 0.3) is 11.0 Å². The number of esters is 1. The minimum absolute atomic E-state index is 0.112. The van der Waals surface area contributed by atoms with E-state index in [0.717, 1.165) is 6.42 Å². The van der Waals surface area contributed by atoms with Crippen molar-refractivity contribution in [3.63, 3.8) is 0 Å². The SMILES string of the molecule is CCC[C@H](OC1C(OC(=O)c2ccccc2)[C@H](O[C@@H]2CC(C(=O)NCCO[C@H]3OC(CO)[C@@H](O)C(OCc4cc5ccccc5oc4=O)C3O)CC(C)C2O[C@@H]2OC(C)[C@@H](O)C(O)C2O)OC(CO)[C@@H]1O)C(=O)N1CCC1. The standard InChI is InChI=1S/C53H72N2O22/c1-4-11-33(48(65)55-17-10-18-55)71-45-39(60)36(24-57)75-53(46(45)76-49(66)28-12-6-5-7-13-28)73-34-22-30(20-26(2)43(34)77-52-41(62)40(61)37(58)27(3)70-52)47(64)54-16-19-68-51-42(63)44(38(59)35(23-56)74-51)69-25-31-21-29-14-8-9-15-32(29)72-50(31)67/h5-9,12-15,21,26-27,30,33-46,51-53,56-63H,4,10-11,16-20,22-25H2,1-3H3,(H,54,64)/t26?,27?,30?,33-,34+,35?,36?,37+,38+,39-,40?,41?,42?,43?,44?,45?,46?,51-,52-,53+/m0/s1. The molecule has 5 aliphatic rings. The lowest BCUT2D eigenvalue weighted by molar-refractivity contribution is -0.349. The number of rotatable bonds is 21. The number of hydrogen-bond acceptors (Lipinski definition) is 22. The molecule has 20 atom stereocenters. The third-order valence-electron chi connectivity index (χ3n) is 14.9. The molecule has 24 nitrogen and oxygen atoms in total. The van der Waals surface area contributed by atoms with Gasteiger partial charge in [0.25, 0.3) is 5.91 Å². The number of aliphatic hydroxyl groups excluding tert-OH is 8. The van der Waals surface area contributed by atoms with E-state index < -0.39 is 153 Å². The van der Waals surface area contributed by atoms with Gasteiger partial charge < -0.3 is 98.1 Å². The Balaban J connectivity index is 0.992. The summed E-state index contributed by atoms with van der Waals surface area (Å²) in [7, 11) is 0. The molecule has 2 amide bonds. The maximum Gasteiger partial charge on any atom is 0.341 e. The van der Waals surface area contributed by atoms with E-state index >= 15 is 0 Å². The maximum absolute atomic E-state index is 14.2. The van der Waals surface area contributed by atoms with Crippen molar-refractivity contribution < 1.29 is 102 Å². The maximum atomic E-state index is 14.2. The van der Waals surface area contributed by atoms with E-state index in [9.17, 15) is 60.0 Å². The van der Waals surface area contributed by atoms with Crippen LogP contribution in [0.5, 0.6) is 0 Å². The third-order valence-corrected chi connectivity index (χ3v) is 14.9. The number of aliphatic hydroxyl groups is 8. The summed E-state index contributed by atoms with van der Waals surface area (Å²) in [6.07, 6.45) is -24.3. The molecule has 4 aliphatic heterocycles. The summed E-state index contributed by atoms with van der Waals surface area (Å²) in [5, 5.41) is 90.4. The van der Waals surface area contributed by atoms with E-state index in [1.165, 1.54) is 19.1 Å². The number of amides is 2. The topological polar surface area (TPSA) is 342 Å². The smallest absolute Gasteiger partial charge is 0.341 e. The first-order valence-corrected chi connectivity index (χ1v) is 26.3. The molecule has 0 spiro atoms. The van der Waals surface area contributed by atoms with Gasteiger partial charge in [0, 0.05) is 30.9 Å². The Bertz CT molecular complexity index is 2460. The van der Waals surface area contributed by atoms with Crippen molar-refractivity contribution >= 4 is 28.8 Å². The average Bonchev–Trinajstić information content (AvgIpc) is 3.41. The number of nitrogens with zero attached hydrogens (tertiary/aromatic N) is 1. The van der Waals surface area contributed by atoms with Crippen LogP contribution >= 0.6 is 0 Å². The number of fused-ring (bicyclic) bond motifs is 1. The summed E-state index contributed by atoms with van der Waals surface area (Å²) >= 11 is 0. The number of para-hydroxylation sites is 1. The monoisotopic (exact) mass is 1090 g/mol.